The molecule has 0 fully saturated rings. The van der Waals surface area contributed by atoms with Gasteiger partial charge in [0.05, 0.1) is 99.3 Å². The summed E-state index contributed by atoms with van der Waals surface area (Å²) < 4.78 is 21.6. The minimum Gasteiger partial charge on any atom is -0.309 e. The van der Waals surface area contributed by atoms with Crippen LogP contribution in [0.15, 0.2) is 516 Å². The molecule has 0 saturated carbocycles. The summed E-state index contributed by atoms with van der Waals surface area (Å²) >= 11 is 0. The molecule has 31 aromatic rings. The van der Waals surface area contributed by atoms with Crippen molar-refractivity contribution >= 4 is 196 Å². The highest BCUT2D eigenvalue weighted by Crippen LogP contribution is 2.49. The summed E-state index contributed by atoms with van der Waals surface area (Å²) in [7, 11) is 0. The largest absolute Gasteiger partial charge is 0.309 e. The predicted octanol–water partition coefficient (Wildman–Crippen LogP) is 34.6. The number of para-hydroxylation sites is 15. The number of hydrogen-bond acceptors (Lipinski definition) is 0. The van der Waals surface area contributed by atoms with E-state index in [9.17, 15) is 0 Å². The number of fused-ring (bicyclic) bond motifs is 30. The molecule has 0 bridgehead atoms. The Morgan fingerprint density at radius 1 is 0.0851 bits per heavy atom. The molecule has 0 aliphatic carbocycles. The van der Waals surface area contributed by atoms with E-state index in [1.807, 2.05) is 0 Å². The van der Waals surface area contributed by atoms with Crippen molar-refractivity contribution in [2.75, 3.05) is 0 Å². The summed E-state index contributed by atoms with van der Waals surface area (Å²) in [5.74, 6) is 0. The van der Waals surface area contributed by atoms with Crippen LogP contribution in [0, 0.1) is 0 Å². The van der Waals surface area contributed by atoms with Gasteiger partial charge in [0, 0.05) is 148 Å². The first-order valence-corrected chi connectivity index (χ1v) is 48.5. The van der Waals surface area contributed by atoms with Gasteiger partial charge < -0.3 is 41.1 Å². The Kier molecular flexibility index (Phi) is 17.9. The Morgan fingerprint density at radius 2 is 0.234 bits per heavy atom. The van der Waals surface area contributed by atoms with Gasteiger partial charge in [-0.15, -0.1) is 0 Å². The lowest BCUT2D eigenvalue weighted by Gasteiger charge is -2.12. The van der Waals surface area contributed by atoms with E-state index in [1.54, 1.807) is 0 Å². The first-order valence-electron chi connectivity index (χ1n) is 48.5. The molecule has 22 aromatic carbocycles. The van der Waals surface area contributed by atoms with Crippen molar-refractivity contribution in [3.05, 3.63) is 516 Å². The third kappa shape index (κ3) is 12.1. The molecule has 658 valence electrons. The molecular weight excluding hydrogens is 1710 g/mol. The first kappa shape index (κ1) is 79.4. The molecule has 0 atom stereocenters. The second-order valence-corrected chi connectivity index (χ2v) is 36.9. The van der Waals surface area contributed by atoms with Crippen LogP contribution in [0.1, 0.15) is 0 Å². The fraction of sp³-hybridized carbons (Fsp3) is 0. The molecule has 141 heavy (non-hydrogen) atoms. The molecule has 0 spiro atoms. The highest BCUT2D eigenvalue weighted by atomic mass is 15.1. The molecule has 31 rings (SSSR count). The van der Waals surface area contributed by atoms with Crippen LogP contribution in [0.2, 0.25) is 0 Å². The van der Waals surface area contributed by atoms with Crippen LogP contribution in [-0.2, 0) is 0 Å². The second-order valence-electron chi connectivity index (χ2n) is 36.9. The van der Waals surface area contributed by atoms with E-state index in [4.69, 9.17) is 0 Å². The Morgan fingerprint density at radius 3 is 0.489 bits per heavy atom. The molecule has 0 saturated heterocycles. The van der Waals surface area contributed by atoms with Crippen molar-refractivity contribution < 1.29 is 0 Å². The van der Waals surface area contributed by atoms with Crippen molar-refractivity contribution in [2.45, 2.75) is 0 Å². The minimum atomic E-state index is 1.15. The van der Waals surface area contributed by atoms with E-state index in [0.717, 1.165) is 22.7 Å². The van der Waals surface area contributed by atoms with Gasteiger partial charge in [0.2, 0.25) is 0 Å². The smallest absolute Gasteiger partial charge is 0.0548 e. The van der Waals surface area contributed by atoms with Gasteiger partial charge in [0.25, 0.3) is 0 Å². The molecular formula is C132H85N9. The normalized spacial score (nSPS) is 12.0. The lowest BCUT2D eigenvalue weighted by Crippen LogP contribution is -1.97. The van der Waals surface area contributed by atoms with Gasteiger partial charge in [-0.1, -0.05) is 291 Å². The van der Waals surface area contributed by atoms with E-state index in [0.29, 0.717) is 0 Å². The maximum absolute atomic E-state index is 2.45. The van der Waals surface area contributed by atoms with E-state index in [1.165, 1.54) is 236 Å². The zero-order valence-corrected chi connectivity index (χ0v) is 76.6. The van der Waals surface area contributed by atoms with Crippen LogP contribution < -0.4 is 0 Å². The summed E-state index contributed by atoms with van der Waals surface area (Å²) in [6.07, 6.45) is 0. The second kappa shape index (κ2) is 31.8. The highest BCUT2D eigenvalue weighted by molar-refractivity contribution is 6.32. The zero-order valence-electron chi connectivity index (χ0n) is 76.6. The predicted molar refractivity (Wildman–Crippen MR) is 594 cm³/mol. The van der Waals surface area contributed by atoms with Crippen LogP contribution in [0.4, 0.5) is 0 Å². The van der Waals surface area contributed by atoms with Gasteiger partial charge in [-0.25, -0.2) is 0 Å². The van der Waals surface area contributed by atoms with Crippen LogP contribution in [-0.4, -0.2) is 41.1 Å². The molecule has 9 heteroatoms. The zero-order chi connectivity index (χ0) is 92.4. The van der Waals surface area contributed by atoms with Gasteiger partial charge in [-0.3, -0.25) is 0 Å². The molecule has 0 aliphatic heterocycles. The molecule has 0 unspecified atom stereocenters. The number of nitrogens with zero attached hydrogens (tertiary/aromatic N) is 9. The quantitative estimate of drug-likeness (QED) is 0.131. The van der Waals surface area contributed by atoms with Crippen LogP contribution in [0.5, 0.6) is 0 Å². The van der Waals surface area contributed by atoms with Crippen LogP contribution in [0.3, 0.4) is 0 Å². The van der Waals surface area contributed by atoms with E-state index in [2.05, 4.69) is 557 Å². The summed E-state index contributed by atoms with van der Waals surface area (Å²) in [5, 5.41) is 22.9. The fourth-order valence-electron chi connectivity index (χ4n) is 23.7. The van der Waals surface area contributed by atoms with Crippen LogP contribution in [0.25, 0.3) is 259 Å². The van der Waals surface area contributed by atoms with Crippen molar-refractivity contribution in [3.63, 3.8) is 0 Å². The molecule has 9 nitrogen and oxygen atoms in total. The Bertz CT molecular complexity index is 10400. The average molecular weight is 1800 g/mol. The summed E-state index contributed by atoms with van der Waals surface area (Å²) in [4.78, 5) is 0. The summed E-state index contributed by atoms with van der Waals surface area (Å²) in [6, 6.07) is 187. The lowest BCUT2D eigenvalue weighted by atomic mass is 10.0. The van der Waals surface area contributed by atoms with Crippen molar-refractivity contribution in [3.8, 4) is 62.3 Å². The maximum Gasteiger partial charge on any atom is 0.0548 e. The van der Waals surface area contributed by atoms with E-state index >= 15 is 0 Å². The molecule has 0 radical (unpaired) electrons. The summed E-state index contributed by atoms with van der Waals surface area (Å²) in [5.41, 5.74) is 34.8. The van der Waals surface area contributed by atoms with Crippen LogP contribution >= 0.6 is 0 Å². The Hall–Kier alpha value is -19.0. The van der Waals surface area contributed by atoms with Gasteiger partial charge in [-0.2, -0.15) is 0 Å². The van der Waals surface area contributed by atoms with Gasteiger partial charge in [0.15, 0.2) is 0 Å². The van der Waals surface area contributed by atoms with Crippen molar-refractivity contribution in [2.24, 2.45) is 0 Å². The van der Waals surface area contributed by atoms with Crippen molar-refractivity contribution in [1.82, 2.24) is 41.1 Å². The van der Waals surface area contributed by atoms with E-state index in [-0.39, 0.29) is 0 Å². The topological polar surface area (TPSA) is 44.4 Å². The number of benzene rings is 22. The molecule has 9 aromatic heterocycles. The minimum absolute atomic E-state index is 1.15. The monoisotopic (exact) mass is 1800 g/mol. The standard InChI is InChI=1S/C48H31N3.2C42H27N3/c1-3-13-34(14-4-1)49-41-20-10-7-17-37(41)40-31-33(25-28-44(40)49)32-23-26-36(27-24-32)51-43-22-12-9-19-39(43)48-46(51)30-29-45-47(48)38-18-8-11-21-42(38)50(45)35-15-5-2-6-16-35;1-3-13-28(14-4-1)43-35-20-10-7-17-31(35)34-27-30(23-24-38(34)43)45-37-22-12-9-19-33(37)42-40(45)26-25-39-41(42)32-18-8-11-21-36(32)44(39)29-15-5-2-6-16-29;1-2-12-28(13-3-1)44-37-20-10-6-16-33(37)41-39(44)26-27-40-42(41)34-17-7-11-21-38(34)45(40)30-24-22-29(23-25-30)43-35-18-8-4-14-31(35)32-15-5-9-19-36(32)43/h1-31H;2*1-27H. The maximum atomic E-state index is 2.45. The first-order chi connectivity index (χ1) is 70.1. The summed E-state index contributed by atoms with van der Waals surface area (Å²) in [6.45, 7) is 0. The molecule has 9 heterocycles. The van der Waals surface area contributed by atoms with Gasteiger partial charge >= 0.3 is 0 Å². The average Bonchev–Trinajstić information content (AvgIpc) is 1.55. The number of aromatic nitrogens is 9. The number of rotatable bonds is 10. The van der Waals surface area contributed by atoms with E-state index < -0.39 is 0 Å². The SMILES string of the molecule is c1ccc(-n2c3ccccc3c3c4c5ccccc5n(-c5ccc(-n6c7ccccc7c7ccccc76)cc5)c4ccc32)cc1.c1ccc(-n2c3ccccc3c3cc(-c4ccc(-n5c6ccccc6c6c7c8ccccc8n(-c8ccccc8)c7ccc65)cc4)ccc32)cc1.c1ccc(-n2c3ccccc3c3cc(-n4c5ccccc5c5c6c7ccccc7n(-c7ccccc7)c6ccc54)ccc32)cc1. The van der Waals surface area contributed by atoms with Crippen molar-refractivity contribution in [1.29, 1.82) is 0 Å². The molecule has 0 aliphatic rings. The number of hydrogen-bond donors (Lipinski definition) is 0. The fourth-order valence-corrected chi connectivity index (χ4v) is 23.7. The Labute approximate surface area is 809 Å². The Balaban J connectivity index is 0.000000102. The van der Waals surface area contributed by atoms with Gasteiger partial charge in [-0.05, 0) is 236 Å². The third-order valence-electron chi connectivity index (χ3n) is 29.5. The third-order valence-corrected chi connectivity index (χ3v) is 29.5. The highest BCUT2D eigenvalue weighted by Gasteiger charge is 2.27. The molecule has 0 N–H and O–H groups in total. The molecule has 0 amide bonds. The van der Waals surface area contributed by atoms with Gasteiger partial charge in [0.1, 0.15) is 0 Å². The lowest BCUT2D eigenvalue weighted by molar-refractivity contribution is 1.14.